The highest BCUT2D eigenvalue weighted by Gasteiger charge is 2.35. The van der Waals surface area contributed by atoms with E-state index in [9.17, 15) is 22.4 Å². The molecule has 2 aliphatic heterocycles. The van der Waals surface area contributed by atoms with Gasteiger partial charge in [0.25, 0.3) is 0 Å². The fraction of sp³-hybridized carbons (Fsp3) is 0.280. The molecule has 0 atom stereocenters. The molecule has 0 saturated carbocycles. The molecule has 4 aromatic rings. The number of amides is 1. The summed E-state index contributed by atoms with van der Waals surface area (Å²) in [5.41, 5.74) is 6.14. The van der Waals surface area contributed by atoms with Crippen LogP contribution in [0.3, 0.4) is 0 Å². The monoisotopic (exact) mass is 530 g/mol. The van der Waals surface area contributed by atoms with Crippen molar-refractivity contribution in [3.63, 3.8) is 0 Å². The zero-order valence-corrected chi connectivity index (χ0v) is 19.6. The van der Waals surface area contributed by atoms with E-state index in [1.807, 2.05) is 0 Å². The van der Waals surface area contributed by atoms with E-state index in [4.69, 9.17) is 10.5 Å². The molecule has 13 heteroatoms. The second kappa shape index (κ2) is 8.72. The number of nitrogens with zero attached hydrogens (tertiary/aromatic N) is 5. The lowest BCUT2D eigenvalue weighted by Crippen LogP contribution is -2.31. The molecule has 1 amide bonds. The Hall–Kier alpha value is -4.13. The average Bonchev–Trinajstić information content (AvgIpc) is 3.43. The number of ether oxygens (including phenoxy) is 1. The molecule has 0 aliphatic carbocycles. The molecule has 196 valence electrons. The van der Waals surface area contributed by atoms with Crippen LogP contribution in [0.5, 0.6) is 0 Å². The molecule has 8 nitrogen and oxygen atoms in total. The van der Waals surface area contributed by atoms with Crippen molar-refractivity contribution in [2.75, 3.05) is 30.4 Å². The number of rotatable bonds is 4. The second-order valence-electron chi connectivity index (χ2n) is 9.15. The molecular weight excluding hydrogens is 511 g/mol. The number of anilines is 2. The van der Waals surface area contributed by atoms with Crippen molar-refractivity contribution < 1.29 is 31.5 Å². The summed E-state index contributed by atoms with van der Waals surface area (Å²) in [6.45, 7) is 1.01. The van der Waals surface area contributed by atoms with Crippen LogP contribution in [0, 0.1) is 11.6 Å². The zero-order valence-electron chi connectivity index (χ0n) is 19.6. The Morgan fingerprint density at radius 3 is 2.63 bits per heavy atom. The Morgan fingerprint density at radius 1 is 1.13 bits per heavy atom. The van der Waals surface area contributed by atoms with E-state index in [2.05, 4.69) is 15.1 Å². The van der Waals surface area contributed by atoms with Gasteiger partial charge in [0.2, 0.25) is 5.91 Å². The zero-order chi connectivity index (χ0) is 26.8. The van der Waals surface area contributed by atoms with Crippen molar-refractivity contribution >= 4 is 28.4 Å². The Balaban J connectivity index is 1.33. The molecule has 1 saturated heterocycles. The first-order valence-electron chi connectivity index (χ1n) is 11.7. The number of halogens is 5. The smallest absolute Gasteiger partial charge is 0.383 e. The first-order valence-corrected chi connectivity index (χ1v) is 11.7. The molecule has 0 bridgehead atoms. The van der Waals surface area contributed by atoms with Crippen LogP contribution in [-0.2, 0) is 28.5 Å². The Bertz CT molecular complexity index is 1600. The minimum absolute atomic E-state index is 0.00160. The maximum Gasteiger partial charge on any atom is 0.419 e. The number of hydrogen-bond donors (Lipinski definition) is 1. The van der Waals surface area contributed by atoms with Gasteiger partial charge in [-0.1, -0.05) is 6.07 Å². The SMILES string of the molecule is Nc1ncnc2c1c(-c1ccc3c(c1F)CCN3C(=O)Cc1ccc(F)c(C(F)(F)F)c1)nn2C1COC1. The van der Waals surface area contributed by atoms with Gasteiger partial charge in [0.1, 0.15) is 35.5 Å². The van der Waals surface area contributed by atoms with Gasteiger partial charge in [0.05, 0.1) is 30.6 Å². The summed E-state index contributed by atoms with van der Waals surface area (Å²) in [5, 5.41) is 4.99. The molecule has 4 heterocycles. The molecule has 6 rings (SSSR count). The van der Waals surface area contributed by atoms with Gasteiger partial charge in [-0.05, 0) is 36.2 Å². The fourth-order valence-corrected chi connectivity index (χ4v) is 4.86. The second-order valence-corrected chi connectivity index (χ2v) is 9.15. The van der Waals surface area contributed by atoms with Gasteiger partial charge in [-0.2, -0.15) is 18.3 Å². The summed E-state index contributed by atoms with van der Waals surface area (Å²) in [5.74, 6) is -2.39. The average molecular weight is 530 g/mol. The lowest BCUT2D eigenvalue weighted by molar-refractivity contribution is -0.140. The number of alkyl halides is 3. The summed E-state index contributed by atoms with van der Waals surface area (Å²) in [6, 6.07) is 5.41. The lowest BCUT2D eigenvalue weighted by Gasteiger charge is -2.26. The molecule has 0 radical (unpaired) electrons. The quantitative estimate of drug-likeness (QED) is 0.400. The predicted octanol–water partition coefficient (Wildman–Crippen LogP) is 4.08. The topological polar surface area (TPSA) is 99.2 Å². The molecule has 0 unspecified atom stereocenters. The minimum Gasteiger partial charge on any atom is -0.383 e. The number of nitrogen functional groups attached to an aromatic ring is 1. The molecule has 1 fully saturated rings. The van der Waals surface area contributed by atoms with Crippen LogP contribution >= 0.6 is 0 Å². The van der Waals surface area contributed by atoms with Crippen LogP contribution in [0.4, 0.5) is 33.5 Å². The fourth-order valence-electron chi connectivity index (χ4n) is 4.86. The Morgan fingerprint density at radius 2 is 1.92 bits per heavy atom. The van der Waals surface area contributed by atoms with Crippen molar-refractivity contribution in [1.29, 1.82) is 0 Å². The normalized spacial score (nSPS) is 15.7. The molecule has 0 spiro atoms. The summed E-state index contributed by atoms with van der Waals surface area (Å²) < 4.78 is 75.6. The lowest BCUT2D eigenvalue weighted by atomic mass is 10.0. The number of carbonyl (C=O) groups is 1. The number of carbonyl (C=O) groups excluding carboxylic acids is 1. The highest BCUT2D eigenvalue weighted by molar-refractivity contribution is 6.00. The van der Waals surface area contributed by atoms with Crippen LogP contribution in [0.2, 0.25) is 0 Å². The van der Waals surface area contributed by atoms with Gasteiger partial charge in [0, 0.05) is 23.4 Å². The molecule has 2 aliphatic rings. The number of benzene rings is 2. The molecule has 38 heavy (non-hydrogen) atoms. The highest BCUT2D eigenvalue weighted by Crippen LogP contribution is 2.40. The van der Waals surface area contributed by atoms with Gasteiger partial charge in [0.15, 0.2) is 5.65 Å². The minimum atomic E-state index is -4.89. The van der Waals surface area contributed by atoms with E-state index in [1.165, 1.54) is 17.3 Å². The largest absolute Gasteiger partial charge is 0.419 e. The van der Waals surface area contributed by atoms with Crippen LogP contribution in [0.1, 0.15) is 22.7 Å². The Kier molecular flexibility index (Phi) is 5.56. The maximum absolute atomic E-state index is 15.9. The van der Waals surface area contributed by atoms with Crippen LogP contribution < -0.4 is 10.6 Å². The maximum atomic E-state index is 15.9. The predicted molar refractivity (Wildman–Crippen MR) is 126 cm³/mol. The van der Waals surface area contributed by atoms with E-state index in [1.54, 1.807) is 10.7 Å². The van der Waals surface area contributed by atoms with Gasteiger partial charge in [-0.15, -0.1) is 0 Å². The van der Waals surface area contributed by atoms with E-state index < -0.39 is 35.7 Å². The summed E-state index contributed by atoms with van der Waals surface area (Å²) in [6.07, 6.45) is -3.79. The summed E-state index contributed by atoms with van der Waals surface area (Å²) in [7, 11) is 0. The molecule has 2 aromatic heterocycles. The van der Waals surface area contributed by atoms with Gasteiger partial charge >= 0.3 is 6.18 Å². The number of fused-ring (bicyclic) bond motifs is 2. The van der Waals surface area contributed by atoms with E-state index >= 15 is 4.39 Å². The summed E-state index contributed by atoms with van der Waals surface area (Å²) in [4.78, 5) is 22.6. The Labute approximate surface area is 211 Å². The van der Waals surface area contributed by atoms with Crippen molar-refractivity contribution in [3.05, 3.63) is 65.0 Å². The first-order chi connectivity index (χ1) is 18.1. The highest BCUT2D eigenvalue weighted by atomic mass is 19.4. The first kappa shape index (κ1) is 24.2. The van der Waals surface area contributed by atoms with E-state index in [0.29, 0.717) is 42.1 Å². The van der Waals surface area contributed by atoms with Crippen molar-refractivity contribution in [1.82, 2.24) is 19.7 Å². The van der Waals surface area contributed by atoms with Gasteiger partial charge < -0.3 is 15.4 Å². The van der Waals surface area contributed by atoms with Crippen molar-refractivity contribution in [3.8, 4) is 11.3 Å². The third-order valence-corrected chi connectivity index (χ3v) is 6.83. The number of aromatic nitrogens is 4. The van der Waals surface area contributed by atoms with E-state index in [0.717, 1.165) is 6.07 Å². The number of nitrogens with two attached hydrogens (primary N) is 1. The van der Waals surface area contributed by atoms with Crippen molar-refractivity contribution in [2.24, 2.45) is 0 Å². The third-order valence-electron chi connectivity index (χ3n) is 6.83. The number of hydrogen-bond acceptors (Lipinski definition) is 6. The third kappa shape index (κ3) is 3.85. The van der Waals surface area contributed by atoms with E-state index in [-0.39, 0.29) is 47.2 Å². The molecule has 2 aromatic carbocycles. The van der Waals surface area contributed by atoms with Crippen LogP contribution in [-0.4, -0.2) is 45.4 Å². The van der Waals surface area contributed by atoms with Crippen molar-refractivity contribution in [2.45, 2.75) is 25.1 Å². The van der Waals surface area contributed by atoms with Gasteiger partial charge in [-0.3, -0.25) is 4.79 Å². The molecule has 2 N–H and O–H groups in total. The van der Waals surface area contributed by atoms with Gasteiger partial charge in [-0.25, -0.2) is 23.4 Å². The van der Waals surface area contributed by atoms with Crippen LogP contribution in [0.15, 0.2) is 36.7 Å². The summed E-state index contributed by atoms with van der Waals surface area (Å²) >= 11 is 0. The molecular formula is C25H19F5N6O2. The van der Waals surface area contributed by atoms with Crippen LogP contribution in [0.25, 0.3) is 22.3 Å². The standard InChI is InChI=1S/C25H19F5N6O2/c26-17-3-1-12(7-16(17)25(28,29)30)8-19(37)35-6-5-14-18(35)4-2-15(21(14)27)22-20-23(31)32-11-33-24(20)36(34-22)13-9-38-10-13/h1-4,7,11,13H,5-6,8-10H2,(H2,31,32,33).